The molecule has 2 aromatic carbocycles. The van der Waals surface area contributed by atoms with Gasteiger partial charge in [0.2, 0.25) is 5.82 Å². The molecule has 9 nitrogen and oxygen atoms in total. The largest absolute Gasteiger partial charge is 0.368 e. The Kier molecular flexibility index (Phi) is 5.66. The van der Waals surface area contributed by atoms with Crippen LogP contribution < -0.4 is 10.2 Å². The average Bonchev–Trinajstić information content (AvgIpc) is 3.35. The number of anilines is 2. The predicted octanol–water partition coefficient (Wildman–Crippen LogP) is 2.14. The number of H-pyrrole nitrogens is 1. The quantitative estimate of drug-likeness (QED) is 0.631. The van der Waals surface area contributed by atoms with Crippen molar-refractivity contribution in [1.82, 2.24) is 25.5 Å². The Labute approximate surface area is 173 Å². The highest BCUT2D eigenvalue weighted by Crippen LogP contribution is 2.21. The van der Waals surface area contributed by atoms with Gasteiger partial charge in [0.1, 0.15) is 11.6 Å². The van der Waals surface area contributed by atoms with Crippen molar-refractivity contribution in [2.24, 2.45) is 0 Å². The molecule has 1 aromatic heterocycles. The lowest BCUT2D eigenvalue weighted by molar-refractivity contribution is 0.0747. The Hall–Kier alpha value is -4.19. The van der Waals surface area contributed by atoms with Crippen LogP contribution in [0.4, 0.5) is 11.4 Å². The molecule has 0 aliphatic carbocycles. The van der Waals surface area contributed by atoms with Crippen molar-refractivity contribution in [2.45, 2.75) is 0 Å². The van der Waals surface area contributed by atoms with E-state index in [1.165, 1.54) is 0 Å². The zero-order valence-corrected chi connectivity index (χ0v) is 16.2. The number of aromatic amines is 1. The van der Waals surface area contributed by atoms with E-state index in [-0.39, 0.29) is 17.3 Å². The van der Waals surface area contributed by atoms with Gasteiger partial charge in [-0.05, 0) is 41.6 Å². The van der Waals surface area contributed by atoms with Crippen molar-refractivity contribution in [3.05, 3.63) is 72.2 Å². The normalized spacial score (nSPS) is 14.3. The molecule has 0 atom stereocenters. The number of carbonyl (C=O) groups excluding carboxylic acids is 1. The molecule has 0 spiro atoms. The summed E-state index contributed by atoms with van der Waals surface area (Å²) in [5.41, 5.74) is 2.95. The first-order valence-corrected chi connectivity index (χ1v) is 9.54. The van der Waals surface area contributed by atoms with Gasteiger partial charge in [0, 0.05) is 49.3 Å². The van der Waals surface area contributed by atoms with E-state index in [4.69, 9.17) is 0 Å². The minimum Gasteiger partial charge on any atom is -0.368 e. The lowest BCUT2D eigenvalue weighted by atomic mass is 10.1. The fraction of sp³-hybridized carbons (Fsp3) is 0.190. The number of nitrogens with one attached hydrogen (secondary N) is 2. The second-order valence-corrected chi connectivity index (χ2v) is 6.74. The number of aromatic nitrogens is 4. The van der Waals surface area contributed by atoms with Crippen molar-refractivity contribution in [3.8, 4) is 6.07 Å². The number of tetrazole rings is 1. The van der Waals surface area contributed by atoms with E-state index in [0.29, 0.717) is 13.1 Å². The van der Waals surface area contributed by atoms with Crippen LogP contribution in [-0.4, -0.2) is 57.6 Å². The van der Waals surface area contributed by atoms with Gasteiger partial charge in [-0.1, -0.05) is 18.2 Å². The maximum atomic E-state index is 12.6. The molecule has 1 fully saturated rings. The van der Waals surface area contributed by atoms with Crippen molar-refractivity contribution < 1.29 is 4.79 Å². The van der Waals surface area contributed by atoms with E-state index < -0.39 is 0 Å². The van der Waals surface area contributed by atoms with Gasteiger partial charge in [-0.3, -0.25) is 4.79 Å². The maximum Gasteiger partial charge on any atom is 0.253 e. The van der Waals surface area contributed by atoms with Crippen molar-refractivity contribution >= 4 is 22.9 Å². The minimum absolute atomic E-state index is 0.0801. The minimum atomic E-state index is 0.0801. The zero-order chi connectivity index (χ0) is 20.8. The summed E-state index contributed by atoms with van der Waals surface area (Å²) in [5.74, 6) is 0.320. The van der Waals surface area contributed by atoms with Crippen LogP contribution in [0.2, 0.25) is 0 Å². The molecule has 9 heteroatoms. The summed E-state index contributed by atoms with van der Waals surface area (Å²) < 4.78 is 0. The number of nitriles is 1. The van der Waals surface area contributed by atoms with E-state index in [0.717, 1.165) is 30.0 Å². The third kappa shape index (κ3) is 4.28. The summed E-state index contributed by atoms with van der Waals surface area (Å²) in [5, 5.41) is 25.7. The van der Waals surface area contributed by atoms with Crippen LogP contribution in [0.3, 0.4) is 0 Å². The molecule has 150 valence electrons. The first kappa shape index (κ1) is 19.1. The van der Waals surface area contributed by atoms with Crippen LogP contribution in [0, 0.1) is 11.3 Å². The van der Waals surface area contributed by atoms with E-state index in [1.54, 1.807) is 6.20 Å². The molecule has 1 amide bonds. The third-order valence-corrected chi connectivity index (χ3v) is 4.91. The maximum absolute atomic E-state index is 12.6. The molecule has 30 heavy (non-hydrogen) atoms. The van der Waals surface area contributed by atoms with Gasteiger partial charge in [-0.2, -0.15) is 10.5 Å². The van der Waals surface area contributed by atoms with E-state index in [1.807, 2.05) is 65.6 Å². The molecule has 2 heterocycles. The standard InChI is InChI=1S/C21H20N8O/c22-14-17(20-24-26-27-25-20)15-23-18-6-8-19(9-7-18)28-10-12-29(13-11-28)21(30)16-4-2-1-3-5-16/h1-9,15,23H,10-13H2,(H,24,25,26,27). The molecular weight excluding hydrogens is 380 g/mol. The number of hydrogen-bond acceptors (Lipinski definition) is 7. The SMILES string of the molecule is N#CC(=CNc1ccc(N2CCN(C(=O)c3ccccc3)CC2)cc1)c1nn[nH]n1. The Morgan fingerprint density at radius 3 is 2.43 bits per heavy atom. The predicted molar refractivity (Wildman–Crippen MR) is 112 cm³/mol. The van der Waals surface area contributed by atoms with Crippen LogP contribution in [0.25, 0.3) is 5.57 Å². The number of amides is 1. The van der Waals surface area contributed by atoms with E-state index in [9.17, 15) is 10.1 Å². The van der Waals surface area contributed by atoms with E-state index in [2.05, 4.69) is 30.8 Å². The summed E-state index contributed by atoms with van der Waals surface area (Å²) in [6, 6.07) is 19.3. The van der Waals surface area contributed by atoms with Gasteiger partial charge in [-0.25, -0.2) is 0 Å². The molecule has 3 aromatic rings. The van der Waals surface area contributed by atoms with Crippen LogP contribution >= 0.6 is 0 Å². The van der Waals surface area contributed by atoms with Crippen LogP contribution in [-0.2, 0) is 0 Å². The second-order valence-electron chi connectivity index (χ2n) is 6.74. The number of nitrogens with zero attached hydrogens (tertiary/aromatic N) is 6. The highest BCUT2D eigenvalue weighted by atomic mass is 16.2. The molecular formula is C21H20N8O. The van der Waals surface area contributed by atoms with Crippen molar-refractivity contribution in [3.63, 3.8) is 0 Å². The van der Waals surface area contributed by atoms with Crippen LogP contribution in [0.15, 0.2) is 60.8 Å². The zero-order valence-electron chi connectivity index (χ0n) is 16.2. The van der Waals surface area contributed by atoms with Crippen LogP contribution in [0.1, 0.15) is 16.2 Å². The van der Waals surface area contributed by atoms with Gasteiger partial charge in [-0.15, -0.1) is 10.2 Å². The molecule has 0 bridgehead atoms. The Morgan fingerprint density at radius 2 is 1.80 bits per heavy atom. The molecule has 0 unspecified atom stereocenters. The first-order valence-electron chi connectivity index (χ1n) is 9.54. The summed E-state index contributed by atoms with van der Waals surface area (Å²) in [6.07, 6.45) is 1.55. The number of hydrogen-bond donors (Lipinski definition) is 2. The third-order valence-electron chi connectivity index (χ3n) is 4.91. The second kappa shape index (κ2) is 8.87. The first-order chi connectivity index (χ1) is 14.7. The summed E-state index contributed by atoms with van der Waals surface area (Å²) in [4.78, 5) is 16.7. The van der Waals surface area contributed by atoms with Gasteiger partial charge >= 0.3 is 0 Å². The smallest absolute Gasteiger partial charge is 0.253 e. The Balaban J connectivity index is 1.34. The topological polar surface area (TPSA) is 114 Å². The molecule has 0 saturated carbocycles. The number of piperazine rings is 1. The average molecular weight is 400 g/mol. The molecule has 1 aliphatic heterocycles. The Morgan fingerprint density at radius 1 is 1.07 bits per heavy atom. The fourth-order valence-electron chi connectivity index (χ4n) is 3.28. The van der Waals surface area contributed by atoms with Gasteiger partial charge in [0.05, 0.1) is 0 Å². The van der Waals surface area contributed by atoms with E-state index >= 15 is 0 Å². The molecule has 1 saturated heterocycles. The molecule has 4 rings (SSSR count). The monoisotopic (exact) mass is 400 g/mol. The highest BCUT2D eigenvalue weighted by molar-refractivity contribution is 5.94. The number of carbonyl (C=O) groups is 1. The number of benzene rings is 2. The summed E-state index contributed by atoms with van der Waals surface area (Å²) in [6.45, 7) is 2.93. The fourth-order valence-corrected chi connectivity index (χ4v) is 3.28. The lowest BCUT2D eigenvalue weighted by Crippen LogP contribution is -2.48. The van der Waals surface area contributed by atoms with Gasteiger partial charge in [0.25, 0.3) is 5.91 Å². The highest BCUT2D eigenvalue weighted by Gasteiger charge is 2.22. The lowest BCUT2D eigenvalue weighted by Gasteiger charge is -2.36. The summed E-state index contributed by atoms with van der Waals surface area (Å²) >= 11 is 0. The number of allylic oxidation sites excluding steroid dienone is 1. The molecule has 1 aliphatic rings. The van der Waals surface area contributed by atoms with Crippen LogP contribution in [0.5, 0.6) is 0 Å². The van der Waals surface area contributed by atoms with Gasteiger partial charge in [0.15, 0.2) is 0 Å². The molecule has 0 radical (unpaired) electrons. The molecule has 2 N–H and O–H groups in total. The number of rotatable bonds is 5. The Bertz CT molecular complexity index is 1050. The van der Waals surface area contributed by atoms with Crippen molar-refractivity contribution in [2.75, 3.05) is 36.4 Å². The van der Waals surface area contributed by atoms with Gasteiger partial charge < -0.3 is 15.1 Å². The summed E-state index contributed by atoms with van der Waals surface area (Å²) in [7, 11) is 0. The van der Waals surface area contributed by atoms with Crippen molar-refractivity contribution in [1.29, 1.82) is 5.26 Å².